The van der Waals surface area contributed by atoms with Gasteiger partial charge >= 0.3 is 0 Å². The van der Waals surface area contributed by atoms with Gasteiger partial charge in [-0.2, -0.15) is 0 Å². The zero-order chi connectivity index (χ0) is 14.6. The summed E-state index contributed by atoms with van der Waals surface area (Å²) in [6.07, 6.45) is 7.90. The Morgan fingerprint density at radius 2 is 2.05 bits per heavy atom. The van der Waals surface area contributed by atoms with Crippen LogP contribution < -0.4 is 5.32 Å². The first-order chi connectivity index (χ1) is 9.60. The fraction of sp³-hybridized carbons (Fsp3) is 0.750. The van der Waals surface area contributed by atoms with Crippen molar-refractivity contribution < 1.29 is 0 Å². The third-order valence-electron chi connectivity index (χ3n) is 4.79. The lowest BCUT2D eigenvalue weighted by molar-refractivity contribution is 0.0577. The van der Waals surface area contributed by atoms with Crippen molar-refractivity contribution >= 4 is 27.3 Å². The normalized spacial score (nSPS) is 20.2. The maximum atomic E-state index is 3.78. The molecule has 1 aliphatic carbocycles. The minimum atomic E-state index is 0.317. The fourth-order valence-electron chi connectivity index (χ4n) is 3.63. The Bertz CT molecular complexity index is 410. The number of halogens is 1. The molecule has 0 saturated heterocycles. The summed E-state index contributed by atoms with van der Waals surface area (Å²) in [5.41, 5.74) is 0.317. The summed E-state index contributed by atoms with van der Waals surface area (Å²) in [4.78, 5) is 3.96. The van der Waals surface area contributed by atoms with E-state index in [2.05, 4.69) is 58.6 Å². The molecule has 0 amide bonds. The summed E-state index contributed by atoms with van der Waals surface area (Å²) in [5.74, 6) is 0. The molecule has 1 aliphatic rings. The Kier molecular flexibility index (Phi) is 6.09. The van der Waals surface area contributed by atoms with Gasteiger partial charge in [0.25, 0.3) is 0 Å². The molecule has 1 atom stereocenters. The Hall–Kier alpha value is 0.1000. The van der Waals surface area contributed by atoms with Crippen LogP contribution in [0.2, 0.25) is 0 Å². The molecule has 20 heavy (non-hydrogen) atoms. The molecule has 2 nitrogen and oxygen atoms in total. The van der Waals surface area contributed by atoms with Gasteiger partial charge in [0.1, 0.15) is 0 Å². The SMILES string of the molecule is CCNC(Cc1sccc1Br)C1(N(C)C)CCCCC1. The van der Waals surface area contributed by atoms with Crippen molar-refractivity contribution in [1.82, 2.24) is 10.2 Å². The van der Waals surface area contributed by atoms with Crippen LogP contribution in [0.5, 0.6) is 0 Å². The lowest BCUT2D eigenvalue weighted by atomic mass is 9.74. The van der Waals surface area contributed by atoms with Crippen molar-refractivity contribution in [3.8, 4) is 0 Å². The molecule has 1 aromatic heterocycles. The number of hydrogen-bond donors (Lipinski definition) is 1. The van der Waals surface area contributed by atoms with Gasteiger partial charge in [0.15, 0.2) is 0 Å². The van der Waals surface area contributed by atoms with E-state index in [1.54, 1.807) is 0 Å². The molecule has 0 aliphatic heterocycles. The van der Waals surface area contributed by atoms with Crippen molar-refractivity contribution in [3.05, 3.63) is 20.8 Å². The molecule has 0 bridgehead atoms. The predicted molar refractivity (Wildman–Crippen MR) is 92.7 cm³/mol. The average molecular weight is 359 g/mol. The van der Waals surface area contributed by atoms with Crippen molar-refractivity contribution in [2.24, 2.45) is 0 Å². The highest BCUT2D eigenvalue weighted by Crippen LogP contribution is 2.37. The number of nitrogens with zero attached hydrogens (tertiary/aromatic N) is 1. The summed E-state index contributed by atoms with van der Waals surface area (Å²) in [6, 6.07) is 2.71. The number of thiophene rings is 1. The molecular formula is C16H27BrN2S. The maximum absolute atomic E-state index is 3.78. The average Bonchev–Trinajstić information content (AvgIpc) is 2.84. The number of hydrogen-bond acceptors (Lipinski definition) is 3. The Labute approximate surface area is 136 Å². The first-order valence-electron chi connectivity index (χ1n) is 7.73. The topological polar surface area (TPSA) is 15.3 Å². The molecule has 1 N–H and O–H groups in total. The van der Waals surface area contributed by atoms with Gasteiger partial charge in [-0.15, -0.1) is 11.3 Å². The van der Waals surface area contributed by atoms with Crippen molar-refractivity contribution in [2.45, 2.75) is 57.0 Å². The predicted octanol–water partition coefficient (Wildman–Crippen LogP) is 4.30. The molecule has 4 heteroatoms. The van der Waals surface area contributed by atoms with Gasteiger partial charge in [-0.25, -0.2) is 0 Å². The minimum absolute atomic E-state index is 0.317. The second kappa shape index (κ2) is 7.39. The molecule has 1 aromatic rings. The van der Waals surface area contributed by atoms with E-state index in [0.29, 0.717) is 11.6 Å². The smallest absolute Gasteiger partial charge is 0.0359 e. The van der Waals surface area contributed by atoms with Gasteiger partial charge in [-0.1, -0.05) is 26.2 Å². The van der Waals surface area contributed by atoms with Crippen LogP contribution in [0.1, 0.15) is 43.9 Å². The van der Waals surface area contributed by atoms with Gasteiger partial charge in [0.05, 0.1) is 0 Å². The second-order valence-electron chi connectivity index (χ2n) is 6.06. The third-order valence-corrected chi connectivity index (χ3v) is 6.74. The van der Waals surface area contributed by atoms with Gasteiger partial charge in [-0.3, -0.25) is 0 Å². The molecule has 1 heterocycles. The molecule has 0 radical (unpaired) electrons. The summed E-state index contributed by atoms with van der Waals surface area (Å²) < 4.78 is 1.27. The first-order valence-corrected chi connectivity index (χ1v) is 9.40. The van der Waals surface area contributed by atoms with Gasteiger partial charge in [-0.05, 0) is 60.9 Å². The van der Waals surface area contributed by atoms with E-state index in [1.807, 2.05) is 11.3 Å². The number of rotatable bonds is 6. The van der Waals surface area contributed by atoms with Crippen LogP contribution >= 0.6 is 27.3 Å². The lowest BCUT2D eigenvalue weighted by Gasteiger charge is -2.49. The van der Waals surface area contributed by atoms with Gasteiger partial charge in [0, 0.05) is 27.4 Å². The van der Waals surface area contributed by atoms with Crippen LogP contribution in [-0.2, 0) is 6.42 Å². The summed E-state index contributed by atoms with van der Waals surface area (Å²) in [5, 5.41) is 5.97. The number of nitrogens with one attached hydrogen (secondary N) is 1. The Morgan fingerprint density at radius 1 is 1.35 bits per heavy atom. The van der Waals surface area contributed by atoms with Crippen LogP contribution in [0.4, 0.5) is 0 Å². The van der Waals surface area contributed by atoms with Crippen LogP contribution in [0.3, 0.4) is 0 Å². The molecular weight excluding hydrogens is 332 g/mol. The first kappa shape index (κ1) is 16.5. The molecule has 0 aromatic carbocycles. The van der Waals surface area contributed by atoms with E-state index in [1.165, 1.54) is 41.5 Å². The van der Waals surface area contributed by atoms with E-state index in [9.17, 15) is 0 Å². The highest BCUT2D eigenvalue weighted by molar-refractivity contribution is 9.10. The quantitative estimate of drug-likeness (QED) is 0.815. The summed E-state index contributed by atoms with van der Waals surface area (Å²) in [6.45, 7) is 3.27. The molecule has 2 rings (SSSR count). The third kappa shape index (κ3) is 3.46. The largest absolute Gasteiger partial charge is 0.312 e. The summed E-state index contributed by atoms with van der Waals surface area (Å²) >= 11 is 5.57. The van der Waals surface area contributed by atoms with Crippen LogP contribution in [-0.4, -0.2) is 37.1 Å². The van der Waals surface area contributed by atoms with E-state index >= 15 is 0 Å². The standard InChI is InChI=1S/C16H27BrN2S/c1-4-18-15(12-14-13(17)8-11-20-14)16(19(2)3)9-6-5-7-10-16/h8,11,15,18H,4-7,9-10,12H2,1-3H3. The molecule has 1 saturated carbocycles. The highest BCUT2D eigenvalue weighted by Gasteiger charge is 2.41. The fourth-order valence-corrected chi connectivity index (χ4v) is 5.19. The minimum Gasteiger partial charge on any atom is -0.312 e. The van der Waals surface area contributed by atoms with Crippen LogP contribution in [0.25, 0.3) is 0 Å². The second-order valence-corrected chi connectivity index (χ2v) is 7.92. The van der Waals surface area contributed by atoms with Gasteiger partial charge in [0.2, 0.25) is 0 Å². The number of likely N-dealkylation sites (N-methyl/N-ethyl adjacent to an activating group) is 2. The molecule has 1 fully saturated rings. The van der Waals surface area contributed by atoms with E-state index < -0.39 is 0 Å². The van der Waals surface area contributed by atoms with Crippen LogP contribution in [0, 0.1) is 0 Å². The monoisotopic (exact) mass is 358 g/mol. The van der Waals surface area contributed by atoms with E-state index in [-0.39, 0.29) is 0 Å². The highest BCUT2D eigenvalue weighted by atomic mass is 79.9. The van der Waals surface area contributed by atoms with Gasteiger partial charge < -0.3 is 10.2 Å². The maximum Gasteiger partial charge on any atom is 0.0359 e. The van der Waals surface area contributed by atoms with Crippen LogP contribution in [0.15, 0.2) is 15.9 Å². The van der Waals surface area contributed by atoms with Crippen molar-refractivity contribution in [1.29, 1.82) is 0 Å². The zero-order valence-corrected chi connectivity index (χ0v) is 15.3. The van der Waals surface area contributed by atoms with Crippen molar-refractivity contribution in [2.75, 3.05) is 20.6 Å². The summed E-state index contributed by atoms with van der Waals surface area (Å²) in [7, 11) is 4.53. The van der Waals surface area contributed by atoms with E-state index in [4.69, 9.17) is 0 Å². The Balaban J connectivity index is 2.22. The molecule has 1 unspecified atom stereocenters. The van der Waals surface area contributed by atoms with E-state index in [0.717, 1.165) is 13.0 Å². The molecule has 114 valence electrons. The zero-order valence-electron chi connectivity index (χ0n) is 12.9. The lowest BCUT2D eigenvalue weighted by Crippen LogP contribution is -2.60. The Morgan fingerprint density at radius 3 is 2.55 bits per heavy atom. The van der Waals surface area contributed by atoms with Crippen molar-refractivity contribution in [3.63, 3.8) is 0 Å². The molecule has 0 spiro atoms.